The molecule has 7 heteroatoms. The van der Waals surface area contributed by atoms with Crippen LogP contribution in [0.2, 0.25) is 10.0 Å². The lowest BCUT2D eigenvalue weighted by Gasteiger charge is -2.35. The first-order chi connectivity index (χ1) is 13.9. The number of imide groups is 1. The van der Waals surface area contributed by atoms with E-state index >= 15 is 0 Å². The van der Waals surface area contributed by atoms with Gasteiger partial charge in [0, 0.05) is 16.2 Å². The number of ketones is 1. The first kappa shape index (κ1) is 18.4. The molecule has 0 aromatic heterocycles. The van der Waals surface area contributed by atoms with Gasteiger partial charge < -0.3 is 4.90 Å². The van der Waals surface area contributed by atoms with Gasteiger partial charge in [-0.1, -0.05) is 47.5 Å². The minimum Gasteiger partial charge on any atom is -0.359 e. The molecule has 0 aliphatic carbocycles. The van der Waals surface area contributed by atoms with Gasteiger partial charge in [-0.15, -0.1) is 0 Å². The van der Waals surface area contributed by atoms with Gasteiger partial charge in [0.25, 0.3) is 0 Å². The van der Waals surface area contributed by atoms with Gasteiger partial charge >= 0.3 is 0 Å². The number of rotatable bonds is 2. The zero-order valence-electron chi connectivity index (χ0n) is 15.4. The fourth-order valence-electron chi connectivity index (χ4n) is 4.94. The van der Waals surface area contributed by atoms with Crippen LogP contribution in [0.1, 0.15) is 24.1 Å². The first-order valence-corrected chi connectivity index (χ1v) is 10.0. The molecule has 4 atom stereocenters. The van der Waals surface area contributed by atoms with Crippen LogP contribution in [0.3, 0.4) is 0 Å². The Kier molecular flexibility index (Phi) is 4.09. The lowest BCUT2D eigenvalue weighted by atomic mass is 9.84. The largest absolute Gasteiger partial charge is 0.359 e. The van der Waals surface area contributed by atoms with E-state index in [1.54, 1.807) is 18.2 Å². The Morgan fingerprint density at radius 1 is 0.966 bits per heavy atom. The van der Waals surface area contributed by atoms with Crippen LogP contribution in [0, 0.1) is 11.8 Å². The number of hydrogen-bond donors (Lipinski definition) is 0. The minimum absolute atomic E-state index is 0.140. The fourth-order valence-corrected chi connectivity index (χ4v) is 5.46. The molecule has 0 spiro atoms. The van der Waals surface area contributed by atoms with Crippen molar-refractivity contribution >= 4 is 52.6 Å². The van der Waals surface area contributed by atoms with Crippen molar-refractivity contribution in [2.75, 3.05) is 4.90 Å². The summed E-state index contributed by atoms with van der Waals surface area (Å²) in [6.45, 7) is 1.47. The molecule has 2 fully saturated rings. The normalized spacial score (nSPS) is 27.1. The quantitative estimate of drug-likeness (QED) is 0.678. The molecule has 0 bridgehead atoms. The summed E-state index contributed by atoms with van der Waals surface area (Å²) in [6.07, 6.45) is 3.75. The molecule has 2 amide bonds. The second kappa shape index (κ2) is 6.44. The van der Waals surface area contributed by atoms with Crippen LogP contribution >= 0.6 is 23.2 Å². The molecular formula is C22H16Cl2N2O3. The molecule has 146 valence electrons. The van der Waals surface area contributed by atoms with Gasteiger partial charge in [0.05, 0.1) is 29.6 Å². The van der Waals surface area contributed by atoms with Crippen molar-refractivity contribution in [2.45, 2.75) is 19.0 Å². The van der Waals surface area contributed by atoms with E-state index in [1.165, 1.54) is 6.92 Å². The summed E-state index contributed by atoms with van der Waals surface area (Å²) in [5.74, 6) is -2.27. The van der Waals surface area contributed by atoms with Gasteiger partial charge in [-0.3, -0.25) is 14.4 Å². The number of benzene rings is 2. The van der Waals surface area contributed by atoms with Gasteiger partial charge in [-0.2, -0.15) is 0 Å². The highest BCUT2D eigenvalue weighted by Gasteiger charge is 2.63. The molecular weight excluding hydrogens is 411 g/mol. The van der Waals surface area contributed by atoms with Gasteiger partial charge in [-0.05, 0) is 42.3 Å². The third-order valence-electron chi connectivity index (χ3n) is 5.98. The van der Waals surface area contributed by atoms with Crippen molar-refractivity contribution in [2.24, 2.45) is 11.8 Å². The summed E-state index contributed by atoms with van der Waals surface area (Å²) in [6, 6.07) is 11.3. The second-order valence-electron chi connectivity index (χ2n) is 7.58. The van der Waals surface area contributed by atoms with Crippen molar-refractivity contribution < 1.29 is 14.4 Å². The average Bonchev–Trinajstić information content (AvgIpc) is 3.14. The number of halogens is 2. The number of carbonyl (C=O) groups is 3. The van der Waals surface area contributed by atoms with Crippen LogP contribution < -0.4 is 4.90 Å². The highest BCUT2D eigenvalue weighted by Crippen LogP contribution is 2.53. The average molecular weight is 427 g/mol. The zero-order valence-corrected chi connectivity index (χ0v) is 16.9. The summed E-state index contributed by atoms with van der Waals surface area (Å²) in [7, 11) is 0. The molecule has 2 aromatic carbocycles. The molecule has 3 heterocycles. The Morgan fingerprint density at radius 3 is 2.31 bits per heavy atom. The Labute approximate surface area is 177 Å². The van der Waals surface area contributed by atoms with E-state index in [9.17, 15) is 14.4 Å². The predicted molar refractivity (Wildman–Crippen MR) is 110 cm³/mol. The highest BCUT2D eigenvalue weighted by molar-refractivity contribution is 6.35. The number of anilines is 1. The van der Waals surface area contributed by atoms with Crippen LogP contribution in [0.25, 0.3) is 6.08 Å². The Bertz CT molecular complexity index is 1090. The molecule has 0 N–H and O–H groups in total. The smallest absolute Gasteiger partial charge is 0.240 e. The van der Waals surface area contributed by atoms with E-state index in [1.807, 2.05) is 41.4 Å². The number of amides is 2. The van der Waals surface area contributed by atoms with Crippen LogP contribution in [0.4, 0.5) is 5.69 Å². The van der Waals surface area contributed by atoms with Crippen LogP contribution in [-0.4, -0.2) is 28.5 Å². The Morgan fingerprint density at radius 2 is 1.62 bits per heavy atom. The third-order valence-corrected chi connectivity index (χ3v) is 6.42. The summed E-state index contributed by atoms with van der Waals surface area (Å²) >= 11 is 12.2. The van der Waals surface area contributed by atoms with Gasteiger partial charge in [0.1, 0.15) is 0 Å². The van der Waals surface area contributed by atoms with E-state index in [0.29, 0.717) is 15.7 Å². The van der Waals surface area contributed by atoms with E-state index in [2.05, 4.69) is 0 Å². The topological polar surface area (TPSA) is 57.7 Å². The number of fused-ring (bicyclic) bond motifs is 5. The summed E-state index contributed by atoms with van der Waals surface area (Å²) in [5.41, 5.74) is 2.27. The third kappa shape index (κ3) is 2.57. The molecule has 3 aliphatic heterocycles. The second-order valence-corrected chi connectivity index (χ2v) is 8.46. The zero-order chi connectivity index (χ0) is 20.4. The SMILES string of the molecule is CC(=O)[C@@H]1[C@H]2C(=O)N(c3cc(Cl)cc(Cl)c3)C(=O)[C@H]2[C@@H]2c3ccccc3C=CN12. The Balaban J connectivity index is 1.66. The van der Waals surface area contributed by atoms with Crippen molar-refractivity contribution in [1.29, 1.82) is 0 Å². The Hall–Kier alpha value is -2.63. The summed E-state index contributed by atoms with van der Waals surface area (Å²) < 4.78 is 0. The van der Waals surface area contributed by atoms with Crippen molar-refractivity contribution in [1.82, 2.24) is 4.90 Å². The maximum absolute atomic E-state index is 13.5. The molecule has 2 aromatic rings. The highest BCUT2D eigenvalue weighted by atomic mass is 35.5. The molecule has 5 rings (SSSR count). The lowest BCUT2D eigenvalue weighted by Crippen LogP contribution is -2.43. The van der Waals surface area contributed by atoms with E-state index < -0.39 is 17.9 Å². The lowest BCUT2D eigenvalue weighted by molar-refractivity contribution is -0.129. The predicted octanol–water partition coefficient (Wildman–Crippen LogP) is 4.10. The van der Waals surface area contributed by atoms with Crippen molar-refractivity contribution in [3.05, 3.63) is 69.8 Å². The molecule has 3 aliphatic rings. The maximum Gasteiger partial charge on any atom is 0.240 e. The minimum atomic E-state index is -0.751. The number of nitrogens with zero attached hydrogens (tertiary/aromatic N) is 2. The maximum atomic E-state index is 13.5. The molecule has 0 saturated carbocycles. The molecule has 0 radical (unpaired) electrons. The number of Topliss-reactive ketones (excluding diaryl/α,β-unsaturated/α-hetero) is 1. The number of carbonyl (C=O) groups excluding carboxylic acids is 3. The van der Waals surface area contributed by atoms with E-state index in [4.69, 9.17) is 23.2 Å². The van der Waals surface area contributed by atoms with Gasteiger partial charge in [0.2, 0.25) is 11.8 Å². The van der Waals surface area contributed by atoms with Crippen molar-refractivity contribution in [3.63, 3.8) is 0 Å². The summed E-state index contributed by atoms with van der Waals surface area (Å²) in [5, 5.41) is 0.668. The standard InChI is InChI=1S/C22H16Cl2N2O3/c1-11(27)19-17-18(20-16-5-3-2-4-12(16)6-7-25(19)20)22(29)26(21(17)28)15-9-13(23)8-14(24)10-15/h2-10,17-20H,1H3/t17-,18+,19+,20-/m0/s1. The molecule has 5 nitrogen and oxygen atoms in total. The summed E-state index contributed by atoms with van der Waals surface area (Å²) in [4.78, 5) is 42.5. The van der Waals surface area contributed by atoms with Gasteiger partial charge in [-0.25, -0.2) is 4.90 Å². The van der Waals surface area contributed by atoms with Gasteiger partial charge in [0.15, 0.2) is 5.78 Å². The van der Waals surface area contributed by atoms with E-state index in [-0.39, 0.29) is 23.6 Å². The molecule has 0 unspecified atom stereocenters. The monoisotopic (exact) mass is 426 g/mol. The van der Waals surface area contributed by atoms with Crippen LogP contribution in [-0.2, 0) is 14.4 Å². The number of hydrogen-bond acceptors (Lipinski definition) is 4. The van der Waals surface area contributed by atoms with Crippen LogP contribution in [0.15, 0.2) is 48.7 Å². The first-order valence-electron chi connectivity index (χ1n) is 9.27. The fraction of sp³-hybridized carbons (Fsp3) is 0.227. The van der Waals surface area contributed by atoms with Crippen molar-refractivity contribution in [3.8, 4) is 0 Å². The molecule has 29 heavy (non-hydrogen) atoms. The van der Waals surface area contributed by atoms with Crippen LogP contribution in [0.5, 0.6) is 0 Å². The van der Waals surface area contributed by atoms with E-state index in [0.717, 1.165) is 16.0 Å². The molecule has 2 saturated heterocycles.